The number of fused-ring (bicyclic) bond motifs is 1. The van der Waals surface area contributed by atoms with Crippen molar-refractivity contribution < 1.29 is 4.74 Å². The summed E-state index contributed by atoms with van der Waals surface area (Å²) in [5, 5.41) is 5.39. The lowest BCUT2D eigenvalue weighted by molar-refractivity contribution is 0.340. The Morgan fingerprint density at radius 2 is 1.73 bits per heavy atom. The number of benzene rings is 2. The van der Waals surface area contributed by atoms with Crippen LogP contribution in [0.5, 0.6) is 5.75 Å². The zero-order valence-corrected chi connectivity index (χ0v) is 14.6. The Morgan fingerprint density at radius 1 is 1.00 bits per heavy atom. The second-order valence-electron chi connectivity index (χ2n) is 5.89. The molecule has 6 nitrogen and oxygen atoms in total. The van der Waals surface area contributed by atoms with E-state index in [2.05, 4.69) is 10.1 Å². The molecule has 0 spiro atoms. The van der Waals surface area contributed by atoms with Gasteiger partial charge in [0.25, 0.3) is 0 Å². The van der Waals surface area contributed by atoms with Crippen LogP contribution in [0, 0.1) is 6.92 Å². The quantitative estimate of drug-likeness (QED) is 0.569. The fourth-order valence-corrected chi connectivity index (χ4v) is 2.92. The average Bonchev–Trinajstić information content (AvgIpc) is 2.98. The van der Waals surface area contributed by atoms with E-state index in [1.54, 1.807) is 10.9 Å². The second kappa shape index (κ2) is 6.48. The standard InChI is InChI=1S/C20H18N4O2/c1-3-26-17-11-9-15(10-12-17)23-13-18-14(2)22-24(19(18)21-20(23)25)16-7-5-4-6-8-16/h4-13H,3H2,1-2H3. The first-order valence-electron chi connectivity index (χ1n) is 8.45. The Kier molecular flexibility index (Phi) is 4.01. The summed E-state index contributed by atoms with van der Waals surface area (Å²) in [6.07, 6.45) is 1.79. The van der Waals surface area contributed by atoms with Crippen LogP contribution in [0.25, 0.3) is 22.4 Å². The van der Waals surface area contributed by atoms with E-state index >= 15 is 0 Å². The lowest BCUT2D eigenvalue weighted by atomic mass is 10.2. The van der Waals surface area contributed by atoms with Crippen molar-refractivity contribution in [2.45, 2.75) is 13.8 Å². The van der Waals surface area contributed by atoms with E-state index in [1.165, 1.54) is 4.57 Å². The third-order valence-corrected chi connectivity index (χ3v) is 4.17. The number of para-hydroxylation sites is 1. The lowest BCUT2D eigenvalue weighted by Crippen LogP contribution is -2.21. The summed E-state index contributed by atoms with van der Waals surface area (Å²) in [5.74, 6) is 0.770. The molecule has 0 aliphatic carbocycles. The third-order valence-electron chi connectivity index (χ3n) is 4.17. The van der Waals surface area contributed by atoms with E-state index in [-0.39, 0.29) is 5.69 Å². The average molecular weight is 346 g/mol. The van der Waals surface area contributed by atoms with Gasteiger partial charge in [0.05, 0.1) is 29.1 Å². The van der Waals surface area contributed by atoms with Gasteiger partial charge in [-0.1, -0.05) is 18.2 Å². The predicted molar refractivity (Wildman–Crippen MR) is 100 cm³/mol. The van der Waals surface area contributed by atoms with Gasteiger partial charge in [0.2, 0.25) is 0 Å². The lowest BCUT2D eigenvalue weighted by Gasteiger charge is -2.08. The molecule has 2 aromatic carbocycles. The van der Waals surface area contributed by atoms with E-state index in [1.807, 2.05) is 68.4 Å². The van der Waals surface area contributed by atoms with Crippen molar-refractivity contribution in [3.05, 3.63) is 77.0 Å². The molecule has 2 heterocycles. The largest absolute Gasteiger partial charge is 0.494 e. The number of rotatable bonds is 4. The van der Waals surface area contributed by atoms with Gasteiger partial charge in [0.15, 0.2) is 5.65 Å². The summed E-state index contributed by atoms with van der Waals surface area (Å²) >= 11 is 0. The Labute approximate surface area is 150 Å². The summed E-state index contributed by atoms with van der Waals surface area (Å²) in [5.41, 5.74) is 2.63. The molecule has 130 valence electrons. The molecule has 0 saturated carbocycles. The Morgan fingerprint density at radius 3 is 2.42 bits per heavy atom. The maximum Gasteiger partial charge on any atom is 0.354 e. The number of aryl methyl sites for hydroxylation is 1. The summed E-state index contributed by atoms with van der Waals surface area (Å²) in [4.78, 5) is 16.9. The van der Waals surface area contributed by atoms with Crippen LogP contribution >= 0.6 is 0 Å². The first-order chi connectivity index (χ1) is 12.7. The monoisotopic (exact) mass is 346 g/mol. The topological polar surface area (TPSA) is 61.9 Å². The van der Waals surface area contributed by atoms with Crippen LogP contribution in [-0.4, -0.2) is 25.9 Å². The smallest absolute Gasteiger partial charge is 0.354 e. The molecular formula is C20H18N4O2. The molecule has 0 radical (unpaired) electrons. The molecule has 0 amide bonds. The highest BCUT2D eigenvalue weighted by Gasteiger charge is 2.13. The molecule has 4 aromatic rings. The van der Waals surface area contributed by atoms with E-state index in [9.17, 15) is 4.79 Å². The molecule has 0 aliphatic heterocycles. The van der Waals surface area contributed by atoms with E-state index < -0.39 is 0 Å². The zero-order chi connectivity index (χ0) is 18.1. The molecular weight excluding hydrogens is 328 g/mol. The van der Waals surface area contributed by atoms with E-state index in [0.717, 1.165) is 28.2 Å². The SMILES string of the molecule is CCOc1ccc(-n2cc3c(C)nn(-c4ccccc4)c3nc2=O)cc1. The van der Waals surface area contributed by atoms with Crippen molar-refractivity contribution in [3.8, 4) is 17.1 Å². The first kappa shape index (κ1) is 16.1. The zero-order valence-electron chi connectivity index (χ0n) is 14.6. The molecule has 0 atom stereocenters. The molecule has 0 saturated heterocycles. The fourth-order valence-electron chi connectivity index (χ4n) is 2.92. The van der Waals surface area contributed by atoms with Crippen LogP contribution in [0.2, 0.25) is 0 Å². The van der Waals surface area contributed by atoms with Crippen LogP contribution in [0.4, 0.5) is 0 Å². The summed E-state index contributed by atoms with van der Waals surface area (Å²) in [7, 11) is 0. The maximum absolute atomic E-state index is 12.6. The Bertz CT molecular complexity index is 1110. The van der Waals surface area contributed by atoms with Crippen LogP contribution in [0.3, 0.4) is 0 Å². The van der Waals surface area contributed by atoms with Crippen molar-refractivity contribution >= 4 is 11.0 Å². The first-order valence-corrected chi connectivity index (χ1v) is 8.45. The number of ether oxygens (including phenoxy) is 1. The number of hydrogen-bond donors (Lipinski definition) is 0. The van der Waals surface area contributed by atoms with E-state index in [0.29, 0.717) is 12.3 Å². The minimum atomic E-state index is -0.348. The molecule has 6 heteroatoms. The van der Waals surface area contributed by atoms with Gasteiger partial charge < -0.3 is 4.74 Å². The van der Waals surface area contributed by atoms with Gasteiger partial charge in [0, 0.05) is 6.20 Å². The molecule has 0 unspecified atom stereocenters. The van der Waals surface area contributed by atoms with Crippen molar-refractivity contribution in [1.29, 1.82) is 0 Å². The van der Waals surface area contributed by atoms with Crippen molar-refractivity contribution in [3.63, 3.8) is 0 Å². The molecule has 2 aromatic heterocycles. The normalized spacial score (nSPS) is 11.0. The van der Waals surface area contributed by atoms with Crippen molar-refractivity contribution in [1.82, 2.24) is 19.3 Å². The summed E-state index contributed by atoms with van der Waals surface area (Å²) in [6.45, 7) is 4.45. The van der Waals surface area contributed by atoms with Crippen molar-refractivity contribution in [2.75, 3.05) is 6.61 Å². The minimum absolute atomic E-state index is 0.348. The highest BCUT2D eigenvalue weighted by Crippen LogP contribution is 2.20. The van der Waals surface area contributed by atoms with Gasteiger partial charge in [-0.15, -0.1) is 0 Å². The van der Waals surface area contributed by atoms with Crippen LogP contribution < -0.4 is 10.4 Å². The van der Waals surface area contributed by atoms with Crippen LogP contribution in [0.15, 0.2) is 65.6 Å². The third kappa shape index (κ3) is 2.75. The van der Waals surface area contributed by atoms with Gasteiger partial charge in [-0.05, 0) is 50.2 Å². The number of hydrogen-bond acceptors (Lipinski definition) is 4. The molecule has 0 aliphatic rings. The number of aromatic nitrogens is 4. The van der Waals surface area contributed by atoms with E-state index in [4.69, 9.17) is 4.74 Å². The highest BCUT2D eigenvalue weighted by molar-refractivity contribution is 5.79. The Balaban J connectivity index is 1.85. The molecule has 26 heavy (non-hydrogen) atoms. The fraction of sp³-hybridized carbons (Fsp3) is 0.150. The molecule has 4 rings (SSSR count). The number of nitrogens with zero attached hydrogens (tertiary/aromatic N) is 4. The molecule has 0 fully saturated rings. The summed E-state index contributed by atoms with van der Waals surface area (Å²) in [6, 6.07) is 17.0. The second-order valence-corrected chi connectivity index (χ2v) is 5.89. The van der Waals surface area contributed by atoms with Crippen molar-refractivity contribution in [2.24, 2.45) is 0 Å². The van der Waals surface area contributed by atoms with Gasteiger partial charge in [0.1, 0.15) is 5.75 Å². The highest BCUT2D eigenvalue weighted by atomic mass is 16.5. The minimum Gasteiger partial charge on any atom is -0.494 e. The predicted octanol–water partition coefficient (Wildman–Crippen LogP) is 3.28. The van der Waals surface area contributed by atoms with Gasteiger partial charge in [-0.25, -0.2) is 9.48 Å². The maximum atomic E-state index is 12.6. The molecule has 0 bridgehead atoms. The van der Waals surface area contributed by atoms with Gasteiger partial charge in [-0.3, -0.25) is 4.57 Å². The summed E-state index contributed by atoms with van der Waals surface area (Å²) < 4.78 is 8.69. The van der Waals surface area contributed by atoms with Gasteiger partial charge >= 0.3 is 5.69 Å². The molecule has 0 N–H and O–H groups in total. The van der Waals surface area contributed by atoms with Crippen LogP contribution in [-0.2, 0) is 0 Å². The van der Waals surface area contributed by atoms with Gasteiger partial charge in [-0.2, -0.15) is 10.1 Å². The Hall–Kier alpha value is -3.41. The van der Waals surface area contributed by atoms with Crippen LogP contribution in [0.1, 0.15) is 12.6 Å².